The Morgan fingerprint density at radius 1 is 1.27 bits per heavy atom. The Balaban J connectivity index is 1.84. The van der Waals surface area contributed by atoms with Gasteiger partial charge in [-0.25, -0.2) is 4.79 Å². The number of H-pyrrole nitrogens is 1. The molecule has 0 unspecified atom stereocenters. The minimum Gasteiger partial charge on any atom is -0.324 e. The highest BCUT2D eigenvalue weighted by Gasteiger charge is 2.11. The second kappa shape index (κ2) is 5.69. The van der Waals surface area contributed by atoms with E-state index in [0.717, 1.165) is 5.56 Å². The van der Waals surface area contributed by atoms with Crippen LogP contribution in [0.1, 0.15) is 5.56 Å². The molecule has 3 rings (SSSR count). The molecule has 1 aromatic heterocycles. The highest BCUT2D eigenvalue weighted by atomic mass is 35.5. The van der Waals surface area contributed by atoms with Crippen molar-refractivity contribution in [3.8, 4) is 0 Å². The third-order valence-corrected chi connectivity index (χ3v) is 3.68. The first-order valence-electron chi connectivity index (χ1n) is 6.78. The van der Waals surface area contributed by atoms with E-state index in [-0.39, 0.29) is 18.1 Å². The van der Waals surface area contributed by atoms with Crippen LogP contribution in [0.4, 0.5) is 5.69 Å². The Morgan fingerprint density at radius 2 is 2.05 bits per heavy atom. The van der Waals surface area contributed by atoms with Crippen molar-refractivity contribution in [2.75, 3.05) is 5.32 Å². The molecule has 0 aliphatic heterocycles. The summed E-state index contributed by atoms with van der Waals surface area (Å²) >= 11 is 5.89. The molecule has 2 N–H and O–H groups in total. The number of carbonyl (C=O) groups is 1. The van der Waals surface area contributed by atoms with Crippen LogP contribution in [-0.4, -0.2) is 15.5 Å². The lowest BCUT2D eigenvalue weighted by Gasteiger charge is -2.09. The molecule has 0 bridgehead atoms. The Hall–Kier alpha value is -2.53. The number of fused-ring (bicyclic) bond motifs is 1. The molecule has 2 aromatic carbocycles. The van der Waals surface area contributed by atoms with Gasteiger partial charge in [0.05, 0.1) is 11.0 Å². The standard InChI is InChI=1S/C16H14ClN3O2/c1-10-8-11(17)6-7-12(10)18-15(21)9-20-14-5-3-2-4-13(14)19-16(20)22/h2-8H,9H2,1H3,(H,18,21)(H,19,22). The predicted octanol–water partition coefficient (Wildman–Crippen LogP) is 2.93. The molecule has 0 aliphatic carbocycles. The SMILES string of the molecule is Cc1cc(Cl)ccc1NC(=O)Cn1c(=O)[nH]c2ccccc21. The van der Waals surface area contributed by atoms with E-state index in [2.05, 4.69) is 10.3 Å². The zero-order valence-corrected chi connectivity index (χ0v) is 12.6. The number of imidazole rings is 1. The summed E-state index contributed by atoms with van der Waals surface area (Å²) in [6, 6.07) is 12.5. The molecular weight excluding hydrogens is 302 g/mol. The summed E-state index contributed by atoms with van der Waals surface area (Å²) < 4.78 is 1.41. The molecule has 0 fully saturated rings. The van der Waals surface area contributed by atoms with Crippen LogP contribution in [0.15, 0.2) is 47.3 Å². The molecule has 0 spiro atoms. The molecule has 1 amide bonds. The Morgan fingerprint density at radius 3 is 2.82 bits per heavy atom. The van der Waals surface area contributed by atoms with Crippen molar-refractivity contribution < 1.29 is 4.79 Å². The van der Waals surface area contributed by atoms with E-state index in [0.29, 0.717) is 21.7 Å². The van der Waals surface area contributed by atoms with E-state index >= 15 is 0 Å². The summed E-state index contributed by atoms with van der Waals surface area (Å²) in [5.41, 5.74) is 2.66. The molecule has 112 valence electrons. The molecular formula is C16H14ClN3O2. The second-order valence-electron chi connectivity index (χ2n) is 5.04. The molecule has 0 radical (unpaired) electrons. The Labute approximate surface area is 131 Å². The minimum absolute atomic E-state index is 0.0507. The number of para-hydroxylation sites is 2. The summed E-state index contributed by atoms with van der Waals surface area (Å²) in [6.07, 6.45) is 0. The van der Waals surface area contributed by atoms with Crippen molar-refractivity contribution in [3.05, 3.63) is 63.5 Å². The van der Waals surface area contributed by atoms with E-state index in [1.165, 1.54) is 4.57 Å². The number of halogens is 1. The molecule has 6 heteroatoms. The van der Waals surface area contributed by atoms with Crippen LogP contribution in [0.3, 0.4) is 0 Å². The van der Waals surface area contributed by atoms with Gasteiger partial charge in [-0.15, -0.1) is 0 Å². The average Bonchev–Trinajstić information content (AvgIpc) is 2.78. The first kappa shape index (κ1) is 14.4. The number of nitrogens with zero attached hydrogens (tertiary/aromatic N) is 1. The molecule has 0 atom stereocenters. The van der Waals surface area contributed by atoms with Gasteiger partial charge in [-0.3, -0.25) is 9.36 Å². The normalized spacial score (nSPS) is 10.8. The van der Waals surface area contributed by atoms with Gasteiger partial charge in [-0.05, 0) is 42.8 Å². The number of amides is 1. The van der Waals surface area contributed by atoms with Gasteiger partial charge in [-0.1, -0.05) is 23.7 Å². The Bertz CT molecular complexity index is 911. The fraction of sp³-hybridized carbons (Fsp3) is 0.125. The summed E-state index contributed by atoms with van der Waals surface area (Å²) in [5.74, 6) is -0.266. The lowest BCUT2D eigenvalue weighted by Crippen LogP contribution is -2.26. The van der Waals surface area contributed by atoms with Crippen LogP contribution >= 0.6 is 11.6 Å². The second-order valence-corrected chi connectivity index (χ2v) is 5.48. The third-order valence-electron chi connectivity index (χ3n) is 3.45. The van der Waals surface area contributed by atoms with Gasteiger partial charge in [0.15, 0.2) is 0 Å². The minimum atomic E-state index is -0.302. The predicted molar refractivity (Wildman–Crippen MR) is 87.4 cm³/mol. The summed E-state index contributed by atoms with van der Waals surface area (Å²) in [7, 11) is 0. The van der Waals surface area contributed by atoms with Crippen molar-refractivity contribution in [3.63, 3.8) is 0 Å². The van der Waals surface area contributed by atoms with E-state index in [1.54, 1.807) is 30.3 Å². The fourth-order valence-corrected chi connectivity index (χ4v) is 2.59. The van der Waals surface area contributed by atoms with Crippen molar-refractivity contribution in [2.24, 2.45) is 0 Å². The van der Waals surface area contributed by atoms with Gasteiger partial charge in [0.25, 0.3) is 0 Å². The van der Waals surface area contributed by atoms with Crippen LogP contribution in [0.2, 0.25) is 5.02 Å². The third kappa shape index (κ3) is 2.76. The lowest BCUT2D eigenvalue weighted by molar-refractivity contribution is -0.116. The number of aromatic nitrogens is 2. The van der Waals surface area contributed by atoms with Gasteiger partial charge >= 0.3 is 5.69 Å². The number of nitrogens with one attached hydrogen (secondary N) is 2. The van der Waals surface area contributed by atoms with Gasteiger partial charge < -0.3 is 10.3 Å². The van der Waals surface area contributed by atoms with E-state index in [1.807, 2.05) is 19.1 Å². The van der Waals surface area contributed by atoms with Gasteiger partial charge in [0, 0.05) is 10.7 Å². The molecule has 22 heavy (non-hydrogen) atoms. The van der Waals surface area contributed by atoms with E-state index < -0.39 is 0 Å². The molecule has 1 heterocycles. The Kier molecular flexibility index (Phi) is 3.73. The van der Waals surface area contributed by atoms with Crippen LogP contribution in [0.25, 0.3) is 11.0 Å². The topological polar surface area (TPSA) is 66.9 Å². The fourth-order valence-electron chi connectivity index (χ4n) is 2.36. The molecule has 5 nitrogen and oxygen atoms in total. The highest BCUT2D eigenvalue weighted by molar-refractivity contribution is 6.30. The van der Waals surface area contributed by atoms with Gasteiger partial charge in [-0.2, -0.15) is 0 Å². The number of aromatic amines is 1. The van der Waals surface area contributed by atoms with Gasteiger partial charge in [0.2, 0.25) is 5.91 Å². The van der Waals surface area contributed by atoms with Crippen molar-refractivity contribution >= 4 is 34.2 Å². The molecule has 0 saturated carbocycles. The number of anilines is 1. The molecule has 3 aromatic rings. The molecule has 0 aliphatic rings. The van der Waals surface area contributed by atoms with Crippen LogP contribution in [-0.2, 0) is 11.3 Å². The van der Waals surface area contributed by atoms with Gasteiger partial charge in [0.1, 0.15) is 6.54 Å². The maximum absolute atomic E-state index is 12.2. The zero-order chi connectivity index (χ0) is 15.7. The van der Waals surface area contributed by atoms with Crippen molar-refractivity contribution in [1.82, 2.24) is 9.55 Å². The maximum atomic E-state index is 12.2. The zero-order valence-electron chi connectivity index (χ0n) is 11.9. The first-order chi connectivity index (χ1) is 10.5. The number of benzene rings is 2. The number of rotatable bonds is 3. The first-order valence-corrected chi connectivity index (χ1v) is 7.16. The number of hydrogen-bond donors (Lipinski definition) is 2. The number of hydrogen-bond acceptors (Lipinski definition) is 2. The maximum Gasteiger partial charge on any atom is 0.326 e. The number of aryl methyl sites for hydroxylation is 1. The van der Waals surface area contributed by atoms with Crippen molar-refractivity contribution in [1.29, 1.82) is 0 Å². The number of carbonyl (C=O) groups excluding carboxylic acids is 1. The van der Waals surface area contributed by atoms with Crippen LogP contribution in [0.5, 0.6) is 0 Å². The van der Waals surface area contributed by atoms with Crippen LogP contribution < -0.4 is 11.0 Å². The quantitative estimate of drug-likeness (QED) is 0.780. The molecule has 0 saturated heterocycles. The summed E-state index contributed by atoms with van der Waals surface area (Å²) in [6.45, 7) is 1.81. The largest absolute Gasteiger partial charge is 0.326 e. The van der Waals surface area contributed by atoms with E-state index in [9.17, 15) is 9.59 Å². The van der Waals surface area contributed by atoms with Crippen molar-refractivity contribution in [2.45, 2.75) is 13.5 Å². The average molecular weight is 316 g/mol. The van der Waals surface area contributed by atoms with Crippen LogP contribution in [0, 0.1) is 6.92 Å². The highest BCUT2D eigenvalue weighted by Crippen LogP contribution is 2.19. The monoisotopic (exact) mass is 315 g/mol. The smallest absolute Gasteiger partial charge is 0.324 e. The summed E-state index contributed by atoms with van der Waals surface area (Å²) in [5, 5.41) is 3.41. The van der Waals surface area contributed by atoms with E-state index in [4.69, 9.17) is 11.6 Å². The lowest BCUT2D eigenvalue weighted by atomic mass is 10.2. The summed E-state index contributed by atoms with van der Waals surface area (Å²) in [4.78, 5) is 26.9.